The van der Waals surface area contributed by atoms with Gasteiger partial charge in [-0.2, -0.15) is 0 Å². The lowest BCUT2D eigenvalue weighted by Gasteiger charge is -2.28. The summed E-state index contributed by atoms with van der Waals surface area (Å²) in [5, 5.41) is 3.34. The second-order valence-corrected chi connectivity index (χ2v) is 4.63. The summed E-state index contributed by atoms with van der Waals surface area (Å²) in [4.78, 5) is 11.4. The molecule has 1 aliphatic heterocycles. The van der Waals surface area contributed by atoms with Crippen LogP contribution in [0.4, 0.5) is 11.6 Å². The summed E-state index contributed by atoms with van der Waals surface area (Å²) in [5.41, 5.74) is 0.906. The predicted molar refractivity (Wildman–Crippen MR) is 74.8 cm³/mol. The van der Waals surface area contributed by atoms with E-state index < -0.39 is 0 Å². The molecule has 0 aromatic carbocycles. The van der Waals surface area contributed by atoms with Crippen molar-refractivity contribution in [3.63, 3.8) is 0 Å². The van der Waals surface area contributed by atoms with E-state index in [1.165, 1.54) is 0 Å². The van der Waals surface area contributed by atoms with Gasteiger partial charge in [0, 0.05) is 32.0 Å². The van der Waals surface area contributed by atoms with Crippen LogP contribution >= 0.6 is 0 Å². The monoisotopic (exact) mass is 261 g/mol. The molecule has 0 atom stereocenters. The first-order valence-electron chi connectivity index (χ1n) is 6.79. The van der Waals surface area contributed by atoms with Gasteiger partial charge in [-0.1, -0.05) is 6.92 Å². The molecule has 0 spiro atoms. The highest BCUT2D eigenvalue weighted by Crippen LogP contribution is 2.21. The van der Waals surface area contributed by atoms with E-state index in [-0.39, 0.29) is 0 Å². The van der Waals surface area contributed by atoms with Crippen LogP contribution in [0.5, 0.6) is 0 Å². The largest absolute Gasteiger partial charge is 0.378 e. The van der Waals surface area contributed by atoms with Crippen LogP contribution in [0.2, 0.25) is 0 Å². The summed E-state index contributed by atoms with van der Waals surface area (Å²) in [6.07, 6.45) is 6.83. The fourth-order valence-corrected chi connectivity index (χ4v) is 2.24. The molecule has 1 aliphatic rings. The number of ether oxygens (including phenoxy) is 1. The molecule has 3 rings (SSSR count). The van der Waals surface area contributed by atoms with Gasteiger partial charge in [-0.3, -0.25) is 0 Å². The SMILES string of the molecule is CCCNc1cn2ccnc2c(N2CCOCC2)n1. The minimum Gasteiger partial charge on any atom is -0.378 e. The van der Waals surface area contributed by atoms with Gasteiger partial charge in [-0.05, 0) is 6.42 Å². The topological polar surface area (TPSA) is 54.7 Å². The Morgan fingerprint density at radius 3 is 3.00 bits per heavy atom. The standard InChI is InChI=1S/C13H19N5O/c1-2-3-14-11-10-18-5-4-15-12(18)13(16-11)17-6-8-19-9-7-17/h4-5,10,14H,2-3,6-9H2,1H3. The van der Waals surface area contributed by atoms with Gasteiger partial charge in [0.25, 0.3) is 0 Å². The first-order chi connectivity index (χ1) is 9.38. The number of hydrogen-bond donors (Lipinski definition) is 1. The molecule has 6 nitrogen and oxygen atoms in total. The first kappa shape index (κ1) is 12.2. The number of hydrogen-bond acceptors (Lipinski definition) is 5. The Morgan fingerprint density at radius 2 is 2.21 bits per heavy atom. The van der Waals surface area contributed by atoms with Gasteiger partial charge >= 0.3 is 0 Å². The highest BCUT2D eigenvalue weighted by molar-refractivity contribution is 5.67. The minimum absolute atomic E-state index is 0.751. The van der Waals surface area contributed by atoms with Crippen molar-refractivity contribution in [3.05, 3.63) is 18.6 Å². The molecule has 0 amide bonds. The van der Waals surface area contributed by atoms with Crippen LogP contribution in [-0.2, 0) is 4.74 Å². The van der Waals surface area contributed by atoms with Crippen LogP contribution < -0.4 is 10.2 Å². The minimum atomic E-state index is 0.751. The van der Waals surface area contributed by atoms with Crippen LogP contribution in [0.3, 0.4) is 0 Å². The van der Waals surface area contributed by atoms with Crippen molar-refractivity contribution in [2.45, 2.75) is 13.3 Å². The second-order valence-electron chi connectivity index (χ2n) is 4.63. The van der Waals surface area contributed by atoms with Crippen molar-refractivity contribution in [1.82, 2.24) is 14.4 Å². The molecule has 2 aromatic rings. The van der Waals surface area contributed by atoms with Crippen molar-refractivity contribution in [2.24, 2.45) is 0 Å². The molecule has 0 bridgehead atoms. The molecular formula is C13H19N5O. The number of imidazole rings is 1. The maximum atomic E-state index is 5.40. The fraction of sp³-hybridized carbons (Fsp3) is 0.538. The van der Waals surface area contributed by atoms with Gasteiger partial charge in [-0.25, -0.2) is 9.97 Å². The maximum absolute atomic E-state index is 5.40. The fourth-order valence-electron chi connectivity index (χ4n) is 2.24. The van der Waals surface area contributed by atoms with E-state index in [9.17, 15) is 0 Å². The van der Waals surface area contributed by atoms with Gasteiger partial charge in [0.1, 0.15) is 5.82 Å². The zero-order valence-corrected chi connectivity index (χ0v) is 11.2. The van der Waals surface area contributed by atoms with E-state index in [0.717, 1.165) is 56.6 Å². The van der Waals surface area contributed by atoms with Crippen LogP contribution in [0.1, 0.15) is 13.3 Å². The van der Waals surface area contributed by atoms with E-state index in [1.807, 2.05) is 23.0 Å². The van der Waals surface area contributed by atoms with Crippen LogP contribution in [0, 0.1) is 0 Å². The number of nitrogens with one attached hydrogen (secondary N) is 1. The zero-order valence-electron chi connectivity index (χ0n) is 11.2. The van der Waals surface area contributed by atoms with Crippen molar-refractivity contribution in [2.75, 3.05) is 43.1 Å². The van der Waals surface area contributed by atoms with Gasteiger partial charge in [0.2, 0.25) is 0 Å². The number of fused-ring (bicyclic) bond motifs is 1. The lowest BCUT2D eigenvalue weighted by molar-refractivity contribution is 0.122. The van der Waals surface area contributed by atoms with Gasteiger partial charge in [0.15, 0.2) is 11.5 Å². The number of rotatable bonds is 4. The van der Waals surface area contributed by atoms with Gasteiger partial charge in [0.05, 0.1) is 19.4 Å². The molecule has 3 heterocycles. The lowest BCUT2D eigenvalue weighted by Crippen LogP contribution is -2.37. The Balaban J connectivity index is 1.97. The number of nitrogens with zero attached hydrogens (tertiary/aromatic N) is 4. The highest BCUT2D eigenvalue weighted by Gasteiger charge is 2.17. The smallest absolute Gasteiger partial charge is 0.180 e. The average molecular weight is 261 g/mol. The third-order valence-electron chi connectivity index (χ3n) is 3.22. The molecule has 2 aromatic heterocycles. The van der Waals surface area contributed by atoms with Crippen LogP contribution in [0.15, 0.2) is 18.6 Å². The zero-order chi connectivity index (χ0) is 13.1. The van der Waals surface area contributed by atoms with E-state index in [0.29, 0.717) is 0 Å². The van der Waals surface area contributed by atoms with Crippen LogP contribution in [0.25, 0.3) is 5.65 Å². The normalized spacial score (nSPS) is 15.9. The molecule has 19 heavy (non-hydrogen) atoms. The van der Waals surface area contributed by atoms with E-state index >= 15 is 0 Å². The maximum Gasteiger partial charge on any atom is 0.180 e. The van der Waals surface area contributed by atoms with Gasteiger partial charge in [-0.15, -0.1) is 0 Å². The quantitative estimate of drug-likeness (QED) is 0.901. The third kappa shape index (κ3) is 2.49. The second kappa shape index (κ2) is 5.44. The highest BCUT2D eigenvalue weighted by atomic mass is 16.5. The number of anilines is 2. The third-order valence-corrected chi connectivity index (χ3v) is 3.22. The average Bonchev–Trinajstić information content (AvgIpc) is 2.93. The Bertz CT molecular complexity index is 547. The van der Waals surface area contributed by atoms with Crippen LogP contribution in [-0.4, -0.2) is 47.2 Å². The Morgan fingerprint density at radius 1 is 1.37 bits per heavy atom. The molecule has 6 heteroatoms. The summed E-state index contributed by atoms with van der Waals surface area (Å²) in [7, 11) is 0. The molecule has 1 N–H and O–H groups in total. The molecule has 0 aliphatic carbocycles. The molecule has 0 unspecified atom stereocenters. The lowest BCUT2D eigenvalue weighted by atomic mass is 10.4. The summed E-state index contributed by atoms with van der Waals surface area (Å²) < 4.78 is 7.42. The summed E-state index contributed by atoms with van der Waals surface area (Å²) in [6.45, 7) is 6.31. The van der Waals surface area contributed by atoms with Gasteiger partial charge < -0.3 is 19.4 Å². The van der Waals surface area contributed by atoms with E-state index in [2.05, 4.69) is 22.1 Å². The first-order valence-corrected chi connectivity index (χ1v) is 6.79. The van der Waals surface area contributed by atoms with E-state index in [4.69, 9.17) is 9.72 Å². The number of aromatic nitrogens is 3. The predicted octanol–water partition coefficient (Wildman–Crippen LogP) is 1.39. The van der Waals surface area contributed by atoms with Crippen molar-refractivity contribution in [1.29, 1.82) is 0 Å². The summed E-state index contributed by atoms with van der Waals surface area (Å²) in [6, 6.07) is 0. The molecule has 1 saturated heterocycles. The van der Waals surface area contributed by atoms with E-state index in [1.54, 1.807) is 0 Å². The van der Waals surface area contributed by atoms with Crippen molar-refractivity contribution < 1.29 is 4.74 Å². The van der Waals surface area contributed by atoms with Crippen molar-refractivity contribution in [3.8, 4) is 0 Å². The van der Waals surface area contributed by atoms with Crippen molar-refractivity contribution >= 4 is 17.3 Å². The molecule has 0 saturated carbocycles. The Labute approximate surface area is 112 Å². The molecule has 0 radical (unpaired) electrons. The molecule has 102 valence electrons. The Kier molecular flexibility index (Phi) is 3.50. The molecule has 1 fully saturated rings. The number of morpholine rings is 1. The summed E-state index contributed by atoms with van der Waals surface area (Å²) in [5.74, 6) is 1.84. The Hall–Kier alpha value is -1.82. The molecular weight excluding hydrogens is 242 g/mol. The summed E-state index contributed by atoms with van der Waals surface area (Å²) >= 11 is 0.